The normalized spacial score (nSPS) is 17.7. The van der Waals surface area contributed by atoms with Gasteiger partial charge in [0, 0.05) is 32.7 Å². The summed E-state index contributed by atoms with van der Waals surface area (Å²) in [6, 6.07) is 1.62. The topological polar surface area (TPSA) is 82.6 Å². The lowest BCUT2D eigenvalue weighted by atomic mass is 10.2. The van der Waals surface area contributed by atoms with Gasteiger partial charge in [-0.15, -0.1) is 0 Å². The predicted molar refractivity (Wildman–Crippen MR) is 72.3 cm³/mol. The van der Waals surface area contributed by atoms with E-state index in [0.717, 1.165) is 32.8 Å². The standard InChI is InChI=1S/C13H24N4O2/c1-2-12(15)13(18)17(5-3-4-14)7-6-16-8-10-19-11-9-16/h12H,2-3,5-11,15H2,1H3/t12-/m0/s1. The summed E-state index contributed by atoms with van der Waals surface area (Å²) in [6.45, 7) is 7.12. The van der Waals surface area contributed by atoms with Gasteiger partial charge in [-0.3, -0.25) is 9.69 Å². The van der Waals surface area contributed by atoms with Crippen LogP contribution in [0, 0.1) is 11.3 Å². The molecule has 0 radical (unpaired) electrons. The quantitative estimate of drug-likeness (QED) is 0.691. The molecule has 1 fully saturated rings. The van der Waals surface area contributed by atoms with Gasteiger partial charge in [-0.05, 0) is 6.42 Å². The summed E-state index contributed by atoms with van der Waals surface area (Å²) in [6.07, 6.45) is 0.977. The van der Waals surface area contributed by atoms with Crippen LogP contribution in [0.1, 0.15) is 19.8 Å². The second-order valence-corrected chi connectivity index (χ2v) is 4.70. The van der Waals surface area contributed by atoms with Crippen molar-refractivity contribution in [3.05, 3.63) is 0 Å². The SMILES string of the molecule is CC[C@H](N)C(=O)N(CCC#N)CCN1CCOCC1. The van der Waals surface area contributed by atoms with Gasteiger partial charge in [-0.1, -0.05) is 6.92 Å². The van der Waals surface area contributed by atoms with Gasteiger partial charge >= 0.3 is 0 Å². The summed E-state index contributed by atoms with van der Waals surface area (Å²) in [5.41, 5.74) is 5.79. The Morgan fingerprint density at radius 3 is 2.74 bits per heavy atom. The van der Waals surface area contributed by atoms with E-state index in [1.165, 1.54) is 0 Å². The van der Waals surface area contributed by atoms with Gasteiger partial charge < -0.3 is 15.4 Å². The fourth-order valence-corrected chi connectivity index (χ4v) is 2.01. The molecule has 2 N–H and O–H groups in total. The second kappa shape index (κ2) is 8.86. The van der Waals surface area contributed by atoms with Crippen LogP contribution < -0.4 is 5.73 Å². The minimum absolute atomic E-state index is 0.0500. The predicted octanol–water partition coefficient (Wildman–Crippen LogP) is -0.202. The number of hydrogen-bond acceptors (Lipinski definition) is 5. The number of rotatable bonds is 7. The molecule has 1 atom stereocenters. The molecule has 1 aliphatic heterocycles. The second-order valence-electron chi connectivity index (χ2n) is 4.70. The van der Waals surface area contributed by atoms with E-state index in [0.29, 0.717) is 25.9 Å². The number of nitrogens with two attached hydrogens (primary N) is 1. The molecule has 1 amide bonds. The highest BCUT2D eigenvalue weighted by Gasteiger charge is 2.20. The Bertz CT molecular complexity index is 310. The number of carbonyl (C=O) groups excluding carboxylic acids is 1. The van der Waals surface area contributed by atoms with E-state index < -0.39 is 6.04 Å². The first kappa shape index (κ1) is 15.9. The van der Waals surface area contributed by atoms with Crippen molar-refractivity contribution in [2.24, 2.45) is 5.73 Å². The van der Waals surface area contributed by atoms with E-state index >= 15 is 0 Å². The number of ether oxygens (including phenoxy) is 1. The maximum absolute atomic E-state index is 12.1. The fraction of sp³-hybridized carbons (Fsp3) is 0.846. The Morgan fingerprint density at radius 2 is 2.16 bits per heavy atom. The first-order valence-electron chi connectivity index (χ1n) is 6.90. The van der Waals surface area contributed by atoms with Crippen LogP contribution in [0.4, 0.5) is 0 Å². The van der Waals surface area contributed by atoms with Crippen molar-refractivity contribution in [3.63, 3.8) is 0 Å². The molecule has 0 spiro atoms. The van der Waals surface area contributed by atoms with E-state index in [9.17, 15) is 4.79 Å². The largest absolute Gasteiger partial charge is 0.379 e. The molecule has 0 saturated carbocycles. The summed E-state index contributed by atoms with van der Waals surface area (Å²) < 4.78 is 5.29. The van der Waals surface area contributed by atoms with Crippen LogP contribution in [0.25, 0.3) is 0 Å². The lowest BCUT2D eigenvalue weighted by molar-refractivity contribution is -0.133. The Morgan fingerprint density at radius 1 is 1.47 bits per heavy atom. The van der Waals surface area contributed by atoms with Gasteiger partial charge in [0.25, 0.3) is 0 Å². The molecule has 19 heavy (non-hydrogen) atoms. The highest BCUT2D eigenvalue weighted by atomic mass is 16.5. The van der Waals surface area contributed by atoms with E-state index in [2.05, 4.69) is 11.0 Å². The molecule has 1 aliphatic rings. The van der Waals surface area contributed by atoms with Crippen molar-refractivity contribution in [2.75, 3.05) is 45.9 Å². The van der Waals surface area contributed by atoms with Crippen molar-refractivity contribution in [1.82, 2.24) is 9.80 Å². The van der Waals surface area contributed by atoms with Crippen molar-refractivity contribution in [2.45, 2.75) is 25.8 Å². The van der Waals surface area contributed by atoms with Gasteiger partial charge in [0.1, 0.15) is 0 Å². The minimum Gasteiger partial charge on any atom is -0.379 e. The number of amides is 1. The van der Waals surface area contributed by atoms with Crippen molar-refractivity contribution in [3.8, 4) is 6.07 Å². The number of nitrogens with zero attached hydrogens (tertiary/aromatic N) is 3. The number of morpholine rings is 1. The van der Waals surface area contributed by atoms with E-state index in [1.54, 1.807) is 4.90 Å². The van der Waals surface area contributed by atoms with Crippen LogP contribution in [0.15, 0.2) is 0 Å². The third-order valence-electron chi connectivity index (χ3n) is 3.35. The molecule has 1 saturated heterocycles. The lowest BCUT2D eigenvalue weighted by Gasteiger charge is -2.30. The van der Waals surface area contributed by atoms with Gasteiger partial charge in [-0.2, -0.15) is 5.26 Å². The summed E-state index contributed by atoms with van der Waals surface area (Å²) >= 11 is 0. The molecule has 1 heterocycles. The highest BCUT2D eigenvalue weighted by Crippen LogP contribution is 2.02. The summed E-state index contributed by atoms with van der Waals surface area (Å²) in [7, 11) is 0. The number of hydrogen-bond donors (Lipinski definition) is 1. The van der Waals surface area contributed by atoms with E-state index in [4.69, 9.17) is 15.7 Å². The Balaban J connectivity index is 2.44. The number of carbonyl (C=O) groups is 1. The monoisotopic (exact) mass is 268 g/mol. The molecule has 6 nitrogen and oxygen atoms in total. The lowest BCUT2D eigenvalue weighted by Crippen LogP contribution is -2.48. The van der Waals surface area contributed by atoms with Crippen LogP contribution in [0.2, 0.25) is 0 Å². The molecular formula is C13H24N4O2. The average Bonchev–Trinajstić information content (AvgIpc) is 2.47. The Kier molecular flexibility index (Phi) is 7.41. The molecule has 0 unspecified atom stereocenters. The van der Waals surface area contributed by atoms with Gasteiger partial charge in [0.05, 0.1) is 31.7 Å². The zero-order valence-electron chi connectivity index (χ0n) is 11.7. The third kappa shape index (κ3) is 5.55. The summed E-state index contributed by atoms with van der Waals surface area (Å²) in [5, 5.41) is 8.66. The molecule has 108 valence electrons. The van der Waals surface area contributed by atoms with Gasteiger partial charge in [0.15, 0.2) is 0 Å². The fourth-order valence-electron chi connectivity index (χ4n) is 2.01. The van der Waals surface area contributed by atoms with Crippen molar-refractivity contribution >= 4 is 5.91 Å². The van der Waals surface area contributed by atoms with Crippen LogP contribution >= 0.6 is 0 Å². The smallest absolute Gasteiger partial charge is 0.239 e. The Hall–Kier alpha value is -1.16. The molecule has 1 rings (SSSR count). The maximum atomic E-state index is 12.1. The first-order valence-corrected chi connectivity index (χ1v) is 6.90. The third-order valence-corrected chi connectivity index (χ3v) is 3.35. The van der Waals surface area contributed by atoms with Crippen molar-refractivity contribution < 1.29 is 9.53 Å². The molecular weight excluding hydrogens is 244 g/mol. The minimum atomic E-state index is -0.455. The summed E-state index contributed by atoms with van der Waals surface area (Å²) in [5.74, 6) is -0.0500. The van der Waals surface area contributed by atoms with Crippen molar-refractivity contribution in [1.29, 1.82) is 5.26 Å². The molecule has 0 bridgehead atoms. The zero-order valence-corrected chi connectivity index (χ0v) is 11.7. The molecule has 0 aromatic carbocycles. The first-order chi connectivity index (χ1) is 9.19. The van der Waals surface area contributed by atoms with Crippen LogP contribution in [0.3, 0.4) is 0 Å². The molecule has 0 aromatic rings. The van der Waals surface area contributed by atoms with Crippen LogP contribution in [-0.2, 0) is 9.53 Å². The molecule has 0 aliphatic carbocycles. The molecule has 6 heteroatoms. The maximum Gasteiger partial charge on any atom is 0.239 e. The van der Waals surface area contributed by atoms with Gasteiger partial charge in [0.2, 0.25) is 5.91 Å². The van der Waals surface area contributed by atoms with Gasteiger partial charge in [-0.25, -0.2) is 0 Å². The summed E-state index contributed by atoms with van der Waals surface area (Å²) in [4.78, 5) is 16.1. The van der Waals surface area contributed by atoms with E-state index in [-0.39, 0.29) is 5.91 Å². The number of nitriles is 1. The van der Waals surface area contributed by atoms with Crippen LogP contribution in [-0.4, -0.2) is 67.7 Å². The highest BCUT2D eigenvalue weighted by molar-refractivity contribution is 5.81. The molecule has 0 aromatic heterocycles. The average molecular weight is 268 g/mol. The van der Waals surface area contributed by atoms with Crippen LogP contribution in [0.5, 0.6) is 0 Å². The Labute approximate surface area is 115 Å². The zero-order chi connectivity index (χ0) is 14.1. The van der Waals surface area contributed by atoms with E-state index in [1.807, 2.05) is 6.92 Å².